The Balaban J connectivity index is 1.92. The molecule has 3 rings (SSSR count). The third-order valence-corrected chi connectivity index (χ3v) is 11.3. The van der Waals surface area contributed by atoms with Gasteiger partial charge in [-0.1, -0.05) is 80.6 Å². The van der Waals surface area contributed by atoms with E-state index < -0.39 is 31.4 Å². The summed E-state index contributed by atoms with van der Waals surface area (Å²) in [6, 6.07) is 19.9. The average Bonchev–Trinajstić information content (AvgIpc) is 3.11. The molecule has 2 aromatic rings. The molecule has 5 nitrogen and oxygen atoms in total. The summed E-state index contributed by atoms with van der Waals surface area (Å²) in [6.07, 6.45) is 2.43. The number of hydrogen-bond donors (Lipinski definition) is 1. The standard InChI is InChI=1S/C28H38O5Si/c1-7-14-25-26(33-28(5,6)32-25)24(31-21(2)29)19-20-27(3,4)34(30,22-15-10-8-11-16-22)23-17-12-9-13-18-23/h7-13,15-18,24-26,30H,1,14,19-20H2,2-6H3/t24-,25+,26?/m1/s1. The first-order valence-electron chi connectivity index (χ1n) is 12.0. The summed E-state index contributed by atoms with van der Waals surface area (Å²) in [4.78, 5) is 24.4. The van der Waals surface area contributed by atoms with Gasteiger partial charge >= 0.3 is 5.97 Å². The van der Waals surface area contributed by atoms with Crippen molar-refractivity contribution in [3.63, 3.8) is 0 Å². The summed E-state index contributed by atoms with van der Waals surface area (Å²) < 4.78 is 18.1. The van der Waals surface area contributed by atoms with Crippen LogP contribution in [0.2, 0.25) is 5.04 Å². The molecule has 0 radical (unpaired) electrons. The Morgan fingerprint density at radius 2 is 1.65 bits per heavy atom. The van der Waals surface area contributed by atoms with E-state index in [1.54, 1.807) is 6.08 Å². The van der Waals surface area contributed by atoms with Crippen LogP contribution in [-0.4, -0.2) is 43.2 Å². The minimum Gasteiger partial charge on any atom is -0.460 e. The van der Waals surface area contributed by atoms with E-state index in [0.29, 0.717) is 19.3 Å². The largest absolute Gasteiger partial charge is 0.460 e. The van der Waals surface area contributed by atoms with Crippen molar-refractivity contribution in [3.8, 4) is 0 Å². The zero-order chi connectivity index (χ0) is 25.0. The first kappa shape index (κ1) is 26.4. The van der Waals surface area contributed by atoms with Crippen LogP contribution in [0.1, 0.15) is 53.9 Å². The van der Waals surface area contributed by atoms with Gasteiger partial charge in [-0.3, -0.25) is 4.79 Å². The molecule has 2 aromatic carbocycles. The Labute approximate surface area is 204 Å². The van der Waals surface area contributed by atoms with Gasteiger partial charge in [0.15, 0.2) is 5.79 Å². The molecule has 1 aliphatic rings. The minimum atomic E-state index is -3.16. The van der Waals surface area contributed by atoms with E-state index in [-0.39, 0.29) is 12.1 Å². The van der Waals surface area contributed by atoms with Crippen LogP contribution in [0.25, 0.3) is 0 Å². The Hall–Kier alpha value is -2.25. The Morgan fingerprint density at radius 1 is 1.12 bits per heavy atom. The Morgan fingerprint density at radius 3 is 2.12 bits per heavy atom. The van der Waals surface area contributed by atoms with Crippen molar-refractivity contribution < 1.29 is 23.8 Å². The van der Waals surface area contributed by atoms with Gasteiger partial charge in [-0.25, -0.2) is 0 Å². The maximum atomic E-state index is 12.4. The molecule has 0 spiro atoms. The average molecular weight is 483 g/mol. The van der Waals surface area contributed by atoms with E-state index in [9.17, 15) is 9.59 Å². The fraction of sp³-hybridized carbons (Fsp3) is 0.464. The van der Waals surface area contributed by atoms with E-state index in [0.717, 1.165) is 10.4 Å². The van der Waals surface area contributed by atoms with Crippen molar-refractivity contribution in [2.45, 2.75) is 83.0 Å². The number of rotatable bonds is 10. The second-order valence-electron chi connectivity index (χ2n) is 10.2. The summed E-state index contributed by atoms with van der Waals surface area (Å²) in [5.41, 5.74) is 0. The van der Waals surface area contributed by atoms with Crippen LogP contribution >= 0.6 is 0 Å². The van der Waals surface area contributed by atoms with Gasteiger partial charge in [0.25, 0.3) is 8.32 Å². The van der Waals surface area contributed by atoms with Gasteiger partial charge < -0.3 is 19.0 Å². The molecule has 1 N–H and O–H groups in total. The number of esters is 1. The molecule has 1 saturated heterocycles. The van der Waals surface area contributed by atoms with Crippen LogP contribution < -0.4 is 10.4 Å². The van der Waals surface area contributed by atoms with Crippen molar-refractivity contribution in [1.29, 1.82) is 0 Å². The second kappa shape index (κ2) is 10.6. The molecule has 34 heavy (non-hydrogen) atoms. The molecule has 1 aliphatic heterocycles. The molecule has 1 unspecified atom stereocenters. The molecule has 1 heterocycles. The van der Waals surface area contributed by atoms with E-state index in [1.165, 1.54) is 6.92 Å². The SMILES string of the molecule is C=CC[C@@H]1OC(C)(C)OC1[C@@H](CCC(C)(C)[Si](O)(c1ccccc1)c1ccccc1)OC(C)=O. The van der Waals surface area contributed by atoms with Crippen molar-refractivity contribution in [2.75, 3.05) is 0 Å². The van der Waals surface area contributed by atoms with Crippen molar-refractivity contribution in [2.24, 2.45) is 0 Å². The van der Waals surface area contributed by atoms with Gasteiger partial charge in [0.1, 0.15) is 12.2 Å². The molecular formula is C28H38O5Si. The number of carbonyl (C=O) groups is 1. The van der Waals surface area contributed by atoms with Crippen LogP contribution in [-0.2, 0) is 19.0 Å². The van der Waals surface area contributed by atoms with Gasteiger partial charge in [-0.2, -0.15) is 0 Å². The lowest BCUT2D eigenvalue weighted by Gasteiger charge is -2.42. The van der Waals surface area contributed by atoms with Crippen LogP contribution in [0.4, 0.5) is 0 Å². The Bertz CT molecular complexity index is 918. The molecule has 184 valence electrons. The monoisotopic (exact) mass is 482 g/mol. The topological polar surface area (TPSA) is 65.0 Å². The highest BCUT2D eigenvalue weighted by Crippen LogP contribution is 2.42. The molecule has 3 atom stereocenters. The lowest BCUT2D eigenvalue weighted by Crippen LogP contribution is -2.65. The van der Waals surface area contributed by atoms with Gasteiger partial charge in [-0.15, -0.1) is 6.58 Å². The highest BCUT2D eigenvalue weighted by Gasteiger charge is 2.51. The predicted molar refractivity (Wildman–Crippen MR) is 138 cm³/mol. The number of carbonyl (C=O) groups excluding carboxylic acids is 1. The Kier molecular flexibility index (Phi) is 8.19. The van der Waals surface area contributed by atoms with E-state index in [4.69, 9.17) is 14.2 Å². The zero-order valence-electron chi connectivity index (χ0n) is 21.0. The smallest absolute Gasteiger partial charge is 0.302 e. The third-order valence-electron chi connectivity index (χ3n) is 6.72. The lowest BCUT2D eigenvalue weighted by molar-refractivity contribution is -0.170. The maximum Gasteiger partial charge on any atom is 0.302 e. The highest BCUT2D eigenvalue weighted by molar-refractivity contribution is 6.98. The van der Waals surface area contributed by atoms with Crippen LogP contribution in [0.15, 0.2) is 73.3 Å². The van der Waals surface area contributed by atoms with Crippen LogP contribution in [0, 0.1) is 0 Å². The lowest BCUT2D eigenvalue weighted by atomic mass is 9.97. The van der Waals surface area contributed by atoms with Gasteiger partial charge in [0.2, 0.25) is 0 Å². The summed E-state index contributed by atoms with van der Waals surface area (Å²) in [6.45, 7) is 13.2. The summed E-state index contributed by atoms with van der Waals surface area (Å²) in [5, 5.41) is 1.46. The quantitative estimate of drug-likeness (QED) is 0.310. The summed E-state index contributed by atoms with van der Waals surface area (Å²) in [7, 11) is -3.16. The van der Waals surface area contributed by atoms with Crippen LogP contribution in [0.5, 0.6) is 0 Å². The first-order valence-corrected chi connectivity index (χ1v) is 13.9. The number of benzene rings is 2. The van der Waals surface area contributed by atoms with Gasteiger partial charge in [-0.05, 0) is 48.5 Å². The molecule has 0 aromatic heterocycles. The molecular weight excluding hydrogens is 444 g/mol. The normalized spacial score (nSPS) is 21.1. The molecule has 6 heteroatoms. The van der Waals surface area contributed by atoms with E-state index in [2.05, 4.69) is 20.4 Å². The zero-order valence-corrected chi connectivity index (χ0v) is 22.0. The summed E-state index contributed by atoms with van der Waals surface area (Å²) >= 11 is 0. The van der Waals surface area contributed by atoms with Crippen LogP contribution in [0.3, 0.4) is 0 Å². The molecule has 0 saturated carbocycles. The first-order chi connectivity index (χ1) is 16.0. The summed E-state index contributed by atoms with van der Waals surface area (Å²) in [5.74, 6) is -1.12. The third kappa shape index (κ3) is 5.69. The van der Waals surface area contributed by atoms with Gasteiger partial charge in [0, 0.05) is 6.92 Å². The predicted octanol–water partition coefficient (Wildman–Crippen LogP) is 4.33. The van der Waals surface area contributed by atoms with Crippen molar-refractivity contribution in [3.05, 3.63) is 73.3 Å². The van der Waals surface area contributed by atoms with Crippen molar-refractivity contribution in [1.82, 2.24) is 0 Å². The molecule has 0 amide bonds. The minimum absolute atomic E-state index is 0.251. The van der Waals surface area contributed by atoms with E-state index in [1.807, 2.05) is 74.5 Å². The van der Waals surface area contributed by atoms with Gasteiger partial charge in [0.05, 0.1) is 6.10 Å². The fourth-order valence-electron chi connectivity index (χ4n) is 5.02. The highest BCUT2D eigenvalue weighted by atomic mass is 28.4. The molecule has 0 bridgehead atoms. The fourth-order valence-corrected chi connectivity index (χ4v) is 8.77. The number of hydrogen-bond acceptors (Lipinski definition) is 5. The maximum absolute atomic E-state index is 12.4. The number of ether oxygens (including phenoxy) is 3. The molecule has 1 fully saturated rings. The van der Waals surface area contributed by atoms with Crippen molar-refractivity contribution >= 4 is 24.7 Å². The molecule has 0 aliphatic carbocycles. The second-order valence-corrected chi connectivity index (χ2v) is 14.1. The van der Waals surface area contributed by atoms with E-state index >= 15 is 0 Å².